The Bertz CT molecular complexity index is 1260. The lowest BCUT2D eigenvalue weighted by molar-refractivity contribution is -0.166. The molecular weight excluding hydrogens is 422 g/mol. The van der Waals surface area contributed by atoms with Crippen LogP contribution in [0.25, 0.3) is 22.2 Å². The van der Waals surface area contributed by atoms with Crippen LogP contribution in [0.2, 0.25) is 0 Å². The Hall–Kier alpha value is -3.86. The zero-order chi connectivity index (χ0) is 22.2. The second-order valence-corrected chi connectivity index (χ2v) is 7.29. The Morgan fingerprint density at radius 3 is 2.81 bits per heavy atom. The van der Waals surface area contributed by atoms with Gasteiger partial charge in [0.1, 0.15) is 11.8 Å². The summed E-state index contributed by atoms with van der Waals surface area (Å²) in [6.07, 6.45) is -1.55. The normalized spacial score (nSPS) is 21.1. The van der Waals surface area contributed by atoms with Crippen molar-refractivity contribution in [3.63, 3.8) is 0 Å². The highest BCUT2D eigenvalue weighted by molar-refractivity contribution is 5.93. The van der Waals surface area contributed by atoms with Crippen molar-refractivity contribution in [2.24, 2.45) is 7.05 Å². The van der Waals surface area contributed by atoms with Crippen LogP contribution in [0.4, 0.5) is 13.6 Å². The van der Waals surface area contributed by atoms with Crippen molar-refractivity contribution < 1.29 is 23.0 Å². The first kappa shape index (κ1) is 20.1. The van der Waals surface area contributed by atoms with Gasteiger partial charge in [0, 0.05) is 30.3 Å². The Morgan fingerprint density at radius 1 is 1.25 bits per heavy atom. The summed E-state index contributed by atoms with van der Waals surface area (Å²) in [6.45, 7) is -0.478. The third-order valence-electron chi connectivity index (χ3n) is 5.16. The highest BCUT2D eigenvalue weighted by Crippen LogP contribution is 2.33. The van der Waals surface area contributed by atoms with Crippen molar-refractivity contribution in [2.45, 2.75) is 18.7 Å². The van der Waals surface area contributed by atoms with E-state index in [1.54, 1.807) is 54.5 Å². The van der Waals surface area contributed by atoms with Gasteiger partial charge in [0.2, 0.25) is 18.5 Å². The van der Waals surface area contributed by atoms with Gasteiger partial charge in [-0.1, -0.05) is 30.3 Å². The number of amides is 1. The van der Waals surface area contributed by atoms with Gasteiger partial charge in [0.15, 0.2) is 0 Å². The number of halogens is 2. The van der Waals surface area contributed by atoms with E-state index in [1.165, 1.54) is 12.3 Å². The van der Waals surface area contributed by atoms with Crippen LogP contribution >= 0.6 is 0 Å². The first-order chi connectivity index (χ1) is 15.5. The van der Waals surface area contributed by atoms with Crippen LogP contribution in [0.15, 0.2) is 55.0 Å². The topological polar surface area (TPSA) is 98.2 Å². The molecule has 0 radical (unpaired) electrons. The van der Waals surface area contributed by atoms with E-state index < -0.39 is 31.4 Å². The number of pyridine rings is 1. The molecule has 1 N–H and O–H groups in total. The number of fused-ring (bicyclic) bond motifs is 1. The third kappa shape index (κ3) is 3.56. The number of aromatic amines is 1. The zero-order valence-corrected chi connectivity index (χ0v) is 16.9. The minimum Gasteiger partial charge on any atom is -0.391 e. The number of H-pyrrole nitrogens is 1. The summed E-state index contributed by atoms with van der Waals surface area (Å²) in [5.41, 5.74) is 2.42. The molecule has 3 aromatic heterocycles. The van der Waals surface area contributed by atoms with E-state index in [4.69, 9.17) is 9.47 Å². The number of carbonyl (C=O) groups is 1. The number of hydrogen-bond acceptors (Lipinski definition) is 6. The quantitative estimate of drug-likeness (QED) is 0.490. The molecular formula is C21H18F2N6O3. The minimum atomic E-state index is -2.07. The average molecular weight is 440 g/mol. The molecule has 3 atom stereocenters. The summed E-state index contributed by atoms with van der Waals surface area (Å²) < 4.78 is 41.7. The van der Waals surface area contributed by atoms with Crippen LogP contribution < -0.4 is 4.74 Å². The highest BCUT2D eigenvalue weighted by Gasteiger charge is 2.43. The van der Waals surface area contributed by atoms with Crippen LogP contribution in [0, 0.1) is 0 Å². The van der Waals surface area contributed by atoms with Crippen molar-refractivity contribution in [2.75, 3.05) is 6.61 Å². The lowest BCUT2D eigenvalue weighted by atomic mass is 10.1. The first-order valence-corrected chi connectivity index (χ1v) is 9.79. The van der Waals surface area contributed by atoms with Gasteiger partial charge in [-0.15, -0.1) is 0 Å². The summed E-state index contributed by atoms with van der Waals surface area (Å²) in [5, 5.41) is 11.8. The number of nitrogens with one attached hydrogen (secondary N) is 1. The fourth-order valence-corrected chi connectivity index (χ4v) is 3.62. The van der Waals surface area contributed by atoms with Crippen LogP contribution in [0.1, 0.15) is 11.7 Å². The maximum atomic E-state index is 15.1. The van der Waals surface area contributed by atoms with E-state index in [2.05, 4.69) is 20.3 Å². The second-order valence-electron chi connectivity index (χ2n) is 7.29. The molecule has 5 rings (SSSR count). The van der Waals surface area contributed by atoms with Gasteiger partial charge >= 0.3 is 6.09 Å². The van der Waals surface area contributed by atoms with Crippen LogP contribution in [-0.4, -0.2) is 55.2 Å². The maximum absolute atomic E-state index is 15.1. The number of carbonyl (C=O) groups excluding carboxylic acids is 1. The van der Waals surface area contributed by atoms with Crippen molar-refractivity contribution in [1.29, 1.82) is 0 Å². The number of nitrogens with zero attached hydrogens (tertiary/aromatic N) is 5. The van der Waals surface area contributed by atoms with Crippen molar-refractivity contribution >= 4 is 17.0 Å². The molecule has 1 amide bonds. The summed E-state index contributed by atoms with van der Waals surface area (Å²) in [7, 11) is 1.78. The van der Waals surface area contributed by atoms with Gasteiger partial charge in [-0.3, -0.25) is 9.78 Å². The van der Waals surface area contributed by atoms with Crippen LogP contribution in [0.3, 0.4) is 0 Å². The van der Waals surface area contributed by atoms with E-state index in [0.29, 0.717) is 27.1 Å². The van der Waals surface area contributed by atoms with Gasteiger partial charge in [-0.25, -0.2) is 23.5 Å². The summed E-state index contributed by atoms with van der Waals surface area (Å²) in [4.78, 5) is 17.1. The second kappa shape index (κ2) is 8.00. The molecule has 0 saturated carbocycles. The molecule has 1 fully saturated rings. The SMILES string of the molecule is Cn1cc(-c2n[nH]c3cnc(OC(=O)N4C(F)COC(c5ccccc5)C4F)cc23)cn1. The standard InChI is InChI=1S/C21H18F2N6O3/c1-28-10-13(8-25-28)18-14-7-17(24-9-15(14)26-27-18)32-21(30)29-16(22)11-31-19(20(29)23)12-5-3-2-4-6-12/h2-10,16,19-20H,11H2,1H3,(H,26,27). The molecule has 1 aliphatic heterocycles. The highest BCUT2D eigenvalue weighted by atomic mass is 19.2. The molecule has 0 spiro atoms. The van der Waals surface area contributed by atoms with E-state index in [0.717, 1.165) is 5.56 Å². The van der Waals surface area contributed by atoms with Crippen molar-refractivity contribution in [3.8, 4) is 17.1 Å². The van der Waals surface area contributed by atoms with Gasteiger partial charge < -0.3 is 9.47 Å². The summed E-state index contributed by atoms with van der Waals surface area (Å²) >= 11 is 0. The lowest BCUT2D eigenvalue weighted by Gasteiger charge is -2.37. The van der Waals surface area contributed by atoms with Crippen molar-refractivity contribution in [1.82, 2.24) is 29.9 Å². The smallest absolute Gasteiger partial charge is 0.391 e. The van der Waals surface area contributed by atoms with E-state index in [1.807, 2.05) is 0 Å². The molecule has 1 saturated heterocycles. The monoisotopic (exact) mass is 440 g/mol. The summed E-state index contributed by atoms with van der Waals surface area (Å²) in [6, 6.07) is 9.95. The Balaban J connectivity index is 1.40. The number of rotatable bonds is 3. The van der Waals surface area contributed by atoms with E-state index >= 15 is 4.39 Å². The summed E-state index contributed by atoms with van der Waals surface area (Å²) in [5.74, 6) is -0.115. The Kier molecular flexibility index (Phi) is 5.02. The fourth-order valence-electron chi connectivity index (χ4n) is 3.62. The predicted molar refractivity (Wildman–Crippen MR) is 109 cm³/mol. The molecule has 0 aliphatic carbocycles. The number of aromatic nitrogens is 5. The largest absolute Gasteiger partial charge is 0.421 e. The van der Waals surface area contributed by atoms with Gasteiger partial charge in [-0.2, -0.15) is 10.2 Å². The number of benzene rings is 1. The molecule has 1 aromatic carbocycles. The predicted octanol–water partition coefficient (Wildman–Crippen LogP) is 3.52. The number of ether oxygens (including phenoxy) is 2. The first-order valence-electron chi connectivity index (χ1n) is 9.79. The third-order valence-corrected chi connectivity index (χ3v) is 5.16. The number of morpholine rings is 1. The van der Waals surface area contributed by atoms with Gasteiger partial charge in [0.05, 0.1) is 24.5 Å². The number of alkyl halides is 2. The zero-order valence-electron chi connectivity index (χ0n) is 16.9. The fraction of sp³-hybridized carbons (Fsp3) is 0.238. The van der Waals surface area contributed by atoms with Crippen molar-refractivity contribution in [3.05, 3.63) is 60.6 Å². The van der Waals surface area contributed by atoms with Gasteiger partial charge in [-0.05, 0) is 5.56 Å². The molecule has 11 heteroatoms. The minimum absolute atomic E-state index is 0.115. The Morgan fingerprint density at radius 2 is 2.06 bits per heavy atom. The molecule has 1 aliphatic rings. The molecule has 4 aromatic rings. The van der Waals surface area contributed by atoms with E-state index in [-0.39, 0.29) is 5.88 Å². The van der Waals surface area contributed by atoms with Gasteiger partial charge in [0.25, 0.3) is 0 Å². The molecule has 4 heterocycles. The lowest BCUT2D eigenvalue weighted by Crippen LogP contribution is -2.53. The number of aryl methyl sites for hydroxylation is 1. The average Bonchev–Trinajstić information content (AvgIpc) is 3.40. The van der Waals surface area contributed by atoms with Crippen LogP contribution in [-0.2, 0) is 11.8 Å². The number of hydrogen-bond donors (Lipinski definition) is 1. The molecule has 0 bridgehead atoms. The Labute approximate surface area is 180 Å². The van der Waals surface area contributed by atoms with Crippen LogP contribution in [0.5, 0.6) is 5.88 Å². The molecule has 3 unspecified atom stereocenters. The maximum Gasteiger partial charge on any atom is 0.421 e. The molecule has 164 valence electrons. The molecule has 32 heavy (non-hydrogen) atoms. The molecule has 9 nitrogen and oxygen atoms in total. The van der Waals surface area contributed by atoms with E-state index in [9.17, 15) is 9.18 Å².